The standard InChI is InChI=1S/C22H36N2O7/c1-7-8-9-10-11-12-16-23-24(14(2)25)22(29-16)17(15-13-26-20(3,4)28-15)27-19-18(22)30-21(5,6)31-19/h15,17-19H,7-13H2,1-6H3/t15-,17-,18+,19-,22-/m1/s1. The summed E-state index contributed by atoms with van der Waals surface area (Å²) >= 11 is 0. The minimum absolute atomic E-state index is 0.248. The lowest BCUT2D eigenvalue weighted by Crippen LogP contribution is -2.63. The molecular formula is C22H36N2O7. The molecule has 3 saturated heterocycles. The first-order chi connectivity index (χ1) is 14.6. The smallest absolute Gasteiger partial charge is 0.266 e. The van der Waals surface area contributed by atoms with Crippen LogP contribution in [0.1, 0.15) is 80.1 Å². The third kappa shape index (κ3) is 4.23. The van der Waals surface area contributed by atoms with Gasteiger partial charge in [-0.2, -0.15) is 5.01 Å². The first kappa shape index (κ1) is 22.9. The normalized spacial score (nSPS) is 37.9. The van der Waals surface area contributed by atoms with Crippen LogP contribution in [0.15, 0.2) is 5.10 Å². The van der Waals surface area contributed by atoms with E-state index in [-0.39, 0.29) is 5.91 Å². The Morgan fingerprint density at radius 3 is 2.42 bits per heavy atom. The number of carbonyl (C=O) groups is 1. The van der Waals surface area contributed by atoms with Crippen LogP contribution >= 0.6 is 0 Å². The summed E-state index contributed by atoms with van der Waals surface area (Å²) in [5.41, 5.74) is -1.29. The van der Waals surface area contributed by atoms with Crippen molar-refractivity contribution in [3.05, 3.63) is 0 Å². The largest absolute Gasteiger partial charge is 0.445 e. The second-order valence-electron chi connectivity index (χ2n) is 9.69. The summed E-state index contributed by atoms with van der Waals surface area (Å²) in [5, 5.41) is 5.95. The molecule has 0 radical (unpaired) electrons. The van der Waals surface area contributed by atoms with Gasteiger partial charge in [-0.15, -0.1) is 5.10 Å². The third-order valence-corrected chi connectivity index (χ3v) is 6.14. The summed E-state index contributed by atoms with van der Waals surface area (Å²) in [4.78, 5) is 12.7. The van der Waals surface area contributed by atoms with Gasteiger partial charge >= 0.3 is 0 Å². The lowest BCUT2D eigenvalue weighted by molar-refractivity contribution is -0.262. The van der Waals surface area contributed by atoms with E-state index in [2.05, 4.69) is 12.0 Å². The highest BCUT2D eigenvalue weighted by molar-refractivity contribution is 5.83. The Kier molecular flexibility index (Phi) is 6.11. The van der Waals surface area contributed by atoms with Gasteiger partial charge in [0.05, 0.1) is 6.61 Å². The van der Waals surface area contributed by atoms with Crippen molar-refractivity contribution in [2.24, 2.45) is 5.10 Å². The molecule has 0 N–H and O–H groups in total. The van der Waals surface area contributed by atoms with Crippen LogP contribution in [0.3, 0.4) is 0 Å². The number of unbranched alkanes of at least 4 members (excludes halogenated alkanes) is 4. The fourth-order valence-electron chi connectivity index (χ4n) is 4.83. The topological polar surface area (TPSA) is 88.1 Å². The van der Waals surface area contributed by atoms with Crippen LogP contribution in [0, 0.1) is 0 Å². The Labute approximate surface area is 184 Å². The van der Waals surface area contributed by atoms with Gasteiger partial charge in [0.25, 0.3) is 5.72 Å². The highest BCUT2D eigenvalue weighted by Crippen LogP contribution is 2.51. The summed E-state index contributed by atoms with van der Waals surface area (Å²) in [6.07, 6.45) is 3.77. The predicted molar refractivity (Wildman–Crippen MR) is 111 cm³/mol. The van der Waals surface area contributed by atoms with Gasteiger partial charge in [-0.25, -0.2) is 0 Å². The quantitative estimate of drug-likeness (QED) is 0.562. The van der Waals surface area contributed by atoms with Crippen molar-refractivity contribution < 1.29 is 33.2 Å². The maximum Gasteiger partial charge on any atom is 0.266 e. The molecule has 0 bridgehead atoms. The SMILES string of the molecule is CCCCCCCC1=NN(C(C)=O)[C@@]2(O1)[C@@H]([C@H]1COC(C)(C)O1)O[C@@H]1OC(C)(C)O[C@@H]12. The number of rotatable bonds is 7. The molecule has 3 fully saturated rings. The molecule has 0 unspecified atom stereocenters. The minimum atomic E-state index is -1.29. The van der Waals surface area contributed by atoms with E-state index in [0.29, 0.717) is 18.9 Å². The molecular weight excluding hydrogens is 404 g/mol. The van der Waals surface area contributed by atoms with Crippen molar-refractivity contribution >= 4 is 11.8 Å². The summed E-state index contributed by atoms with van der Waals surface area (Å²) in [6.45, 7) is 11.3. The minimum Gasteiger partial charge on any atom is -0.445 e. The average molecular weight is 441 g/mol. The van der Waals surface area contributed by atoms with Crippen LogP contribution in [0.25, 0.3) is 0 Å². The van der Waals surface area contributed by atoms with Crippen LogP contribution in [0.2, 0.25) is 0 Å². The fraction of sp³-hybridized carbons (Fsp3) is 0.909. The first-order valence-corrected chi connectivity index (χ1v) is 11.5. The van der Waals surface area contributed by atoms with Gasteiger partial charge in [0.15, 0.2) is 30.1 Å². The highest BCUT2D eigenvalue weighted by Gasteiger charge is 2.73. The van der Waals surface area contributed by atoms with E-state index in [1.165, 1.54) is 31.2 Å². The van der Waals surface area contributed by atoms with Gasteiger partial charge in [-0.3, -0.25) is 4.79 Å². The van der Waals surface area contributed by atoms with E-state index >= 15 is 0 Å². The molecule has 4 heterocycles. The predicted octanol–water partition coefficient (Wildman–Crippen LogP) is 3.26. The summed E-state index contributed by atoms with van der Waals surface area (Å²) in [7, 11) is 0. The molecule has 0 saturated carbocycles. The molecule has 4 aliphatic rings. The number of carbonyl (C=O) groups excluding carboxylic acids is 1. The molecule has 4 rings (SSSR count). The Balaban J connectivity index is 1.59. The molecule has 5 atom stereocenters. The number of hydrogen-bond acceptors (Lipinski definition) is 8. The van der Waals surface area contributed by atoms with Gasteiger partial charge in [-0.05, 0) is 34.1 Å². The van der Waals surface area contributed by atoms with Crippen molar-refractivity contribution in [2.45, 2.75) is 122 Å². The van der Waals surface area contributed by atoms with Crippen LogP contribution < -0.4 is 0 Å². The van der Waals surface area contributed by atoms with Gasteiger partial charge in [0.2, 0.25) is 11.8 Å². The molecule has 31 heavy (non-hydrogen) atoms. The van der Waals surface area contributed by atoms with E-state index in [4.69, 9.17) is 28.4 Å². The van der Waals surface area contributed by atoms with Gasteiger partial charge in [0, 0.05) is 13.3 Å². The molecule has 9 heteroatoms. The molecule has 0 aromatic rings. The second kappa shape index (κ2) is 8.26. The van der Waals surface area contributed by atoms with Crippen LogP contribution in [-0.4, -0.2) is 65.3 Å². The number of fused-ring (bicyclic) bond motifs is 2. The molecule has 0 aliphatic carbocycles. The Morgan fingerprint density at radius 2 is 1.77 bits per heavy atom. The van der Waals surface area contributed by atoms with Crippen molar-refractivity contribution in [1.82, 2.24) is 5.01 Å². The molecule has 0 aromatic heterocycles. The van der Waals surface area contributed by atoms with Gasteiger partial charge < -0.3 is 28.4 Å². The molecule has 1 spiro atoms. The molecule has 176 valence electrons. The highest BCUT2D eigenvalue weighted by atomic mass is 16.9. The van der Waals surface area contributed by atoms with E-state index in [9.17, 15) is 4.79 Å². The van der Waals surface area contributed by atoms with Crippen molar-refractivity contribution in [3.8, 4) is 0 Å². The zero-order chi connectivity index (χ0) is 22.4. The number of hydrazone groups is 1. The zero-order valence-electron chi connectivity index (χ0n) is 19.5. The third-order valence-electron chi connectivity index (χ3n) is 6.14. The second-order valence-corrected chi connectivity index (χ2v) is 9.69. The van der Waals surface area contributed by atoms with Gasteiger partial charge in [-0.1, -0.05) is 32.6 Å². The zero-order valence-corrected chi connectivity index (χ0v) is 19.5. The number of ether oxygens (including phenoxy) is 6. The Morgan fingerprint density at radius 1 is 1.03 bits per heavy atom. The summed E-state index contributed by atoms with van der Waals surface area (Å²) in [5.74, 6) is -1.35. The molecule has 9 nitrogen and oxygen atoms in total. The number of hydrogen-bond donors (Lipinski definition) is 0. The van der Waals surface area contributed by atoms with E-state index < -0.39 is 41.9 Å². The fourth-order valence-corrected chi connectivity index (χ4v) is 4.83. The number of amides is 1. The van der Waals surface area contributed by atoms with Crippen LogP contribution in [0.5, 0.6) is 0 Å². The Bertz CT molecular complexity index is 725. The van der Waals surface area contributed by atoms with Gasteiger partial charge in [0.1, 0.15) is 6.10 Å². The van der Waals surface area contributed by atoms with E-state index in [1.807, 2.05) is 27.7 Å². The number of nitrogens with zero attached hydrogens (tertiary/aromatic N) is 2. The van der Waals surface area contributed by atoms with E-state index in [1.54, 1.807) is 0 Å². The molecule has 0 aromatic carbocycles. The maximum absolute atomic E-state index is 12.7. The van der Waals surface area contributed by atoms with Crippen LogP contribution in [0.4, 0.5) is 0 Å². The van der Waals surface area contributed by atoms with Crippen molar-refractivity contribution in [1.29, 1.82) is 0 Å². The monoisotopic (exact) mass is 440 g/mol. The van der Waals surface area contributed by atoms with E-state index in [0.717, 1.165) is 12.8 Å². The summed E-state index contributed by atoms with van der Waals surface area (Å²) < 4.78 is 36.8. The van der Waals surface area contributed by atoms with Crippen molar-refractivity contribution in [3.63, 3.8) is 0 Å². The molecule has 1 amide bonds. The average Bonchev–Trinajstić information content (AvgIpc) is 3.38. The van der Waals surface area contributed by atoms with Crippen molar-refractivity contribution in [2.75, 3.05) is 6.61 Å². The lowest BCUT2D eigenvalue weighted by Gasteiger charge is -2.39. The maximum atomic E-state index is 12.7. The first-order valence-electron chi connectivity index (χ1n) is 11.5. The summed E-state index contributed by atoms with van der Waals surface area (Å²) in [6, 6.07) is 0. The lowest BCUT2D eigenvalue weighted by atomic mass is 9.97. The molecule has 4 aliphatic heterocycles. The Hall–Kier alpha value is -1.26. The van der Waals surface area contributed by atoms with Crippen LogP contribution in [-0.2, 0) is 33.2 Å².